The number of nitrogens with two attached hydrogens (primary N) is 1. The van der Waals surface area contributed by atoms with E-state index in [2.05, 4.69) is 10.3 Å². The van der Waals surface area contributed by atoms with Gasteiger partial charge < -0.3 is 20.5 Å². The molecule has 0 aromatic heterocycles. The van der Waals surface area contributed by atoms with Crippen molar-refractivity contribution < 1.29 is 14.3 Å². The predicted molar refractivity (Wildman–Crippen MR) is 120 cm³/mol. The van der Waals surface area contributed by atoms with Crippen molar-refractivity contribution in [2.24, 2.45) is 10.7 Å². The zero-order chi connectivity index (χ0) is 19.3. The second kappa shape index (κ2) is 10.2. The summed E-state index contributed by atoms with van der Waals surface area (Å²) in [5.41, 5.74) is 6.09. The van der Waals surface area contributed by atoms with Gasteiger partial charge in [0.15, 0.2) is 5.17 Å². The highest BCUT2D eigenvalue weighted by Gasteiger charge is 2.29. The first-order chi connectivity index (χ1) is 11.5. The van der Waals surface area contributed by atoms with Gasteiger partial charge in [0.25, 0.3) is 0 Å². The van der Waals surface area contributed by atoms with Gasteiger partial charge in [-0.3, -0.25) is 0 Å². The second-order valence-electron chi connectivity index (χ2n) is 7.02. The van der Waals surface area contributed by atoms with Gasteiger partial charge in [-0.2, -0.15) is 0 Å². The first-order valence-corrected chi connectivity index (χ1v) is 9.13. The van der Waals surface area contributed by atoms with Crippen LogP contribution in [0, 0.1) is 0 Å². The van der Waals surface area contributed by atoms with E-state index in [9.17, 15) is 4.79 Å². The molecule has 0 fully saturated rings. The van der Waals surface area contributed by atoms with Crippen molar-refractivity contribution >= 4 is 52.7 Å². The molecule has 0 radical (unpaired) electrons. The fraction of sp³-hybridized carbons (Fsp3) is 0.556. The minimum absolute atomic E-state index is 0. The molecule has 1 aromatic rings. The lowest BCUT2D eigenvalue weighted by Crippen LogP contribution is -2.44. The summed E-state index contributed by atoms with van der Waals surface area (Å²) in [7, 11) is 1.59. The van der Waals surface area contributed by atoms with E-state index >= 15 is 0 Å². The fourth-order valence-electron chi connectivity index (χ4n) is 2.19. The Bertz CT molecular complexity index is 643. The number of methoxy groups -OCH3 is 1. The number of halogens is 1. The molecule has 1 amide bonds. The summed E-state index contributed by atoms with van der Waals surface area (Å²) in [6.45, 7) is 11.2. The Balaban J connectivity index is 0.00000625. The lowest BCUT2D eigenvalue weighted by atomic mass is 9.93. The molecule has 1 rings (SSSR count). The van der Waals surface area contributed by atoms with E-state index in [1.165, 1.54) is 11.8 Å². The highest BCUT2D eigenvalue weighted by molar-refractivity contribution is 14.0. The number of amidine groups is 1. The van der Waals surface area contributed by atoms with Crippen LogP contribution in [0.15, 0.2) is 23.2 Å². The molecular weight excluding hydrogens is 465 g/mol. The lowest BCUT2D eigenvalue weighted by molar-refractivity contribution is 0.0469. The number of alkyl carbamates (subject to hydrolysis) is 1. The molecule has 0 bridgehead atoms. The van der Waals surface area contributed by atoms with Gasteiger partial charge in [-0.05, 0) is 58.6 Å². The van der Waals surface area contributed by atoms with Crippen molar-refractivity contribution in [1.29, 1.82) is 0 Å². The molecule has 3 N–H and O–H groups in total. The summed E-state index contributed by atoms with van der Waals surface area (Å²) in [4.78, 5) is 16.6. The molecule has 148 valence electrons. The molecule has 0 unspecified atom stereocenters. The molecular formula is C18H30IN3O3S. The first-order valence-electron chi connectivity index (χ1n) is 8.15. The third-order valence-electron chi connectivity index (χ3n) is 3.20. The van der Waals surface area contributed by atoms with Crippen LogP contribution in [0.4, 0.5) is 10.5 Å². The number of hydrogen-bond acceptors (Lipinski definition) is 5. The van der Waals surface area contributed by atoms with E-state index < -0.39 is 17.2 Å². The van der Waals surface area contributed by atoms with E-state index in [1.807, 2.05) is 59.7 Å². The van der Waals surface area contributed by atoms with Gasteiger partial charge in [0.2, 0.25) is 0 Å². The van der Waals surface area contributed by atoms with Crippen LogP contribution >= 0.6 is 35.7 Å². The van der Waals surface area contributed by atoms with E-state index in [-0.39, 0.29) is 24.0 Å². The van der Waals surface area contributed by atoms with Crippen molar-refractivity contribution in [2.45, 2.75) is 52.7 Å². The van der Waals surface area contributed by atoms with Crippen molar-refractivity contribution in [3.63, 3.8) is 0 Å². The second-order valence-corrected chi connectivity index (χ2v) is 8.30. The normalized spacial score (nSPS) is 12.2. The molecule has 0 aliphatic heterocycles. The van der Waals surface area contributed by atoms with Gasteiger partial charge in [-0.25, -0.2) is 9.79 Å². The molecule has 26 heavy (non-hydrogen) atoms. The SMILES string of the molecule is CCSC(N)=Nc1ccc(OC)c(C(C)(C)NC(=O)OC(C)(C)C)c1.I. The Hall–Kier alpha value is -1.16. The van der Waals surface area contributed by atoms with Crippen molar-refractivity contribution in [1.82, 2.24) is 5.32 Å². The van der Waals surface area contributed by atoms with Crippen LogP contribution in [-0.2, 0) is 10.3 Å². The molecule has 8 heteroatoms. The third kappa shape index (κ3) is 8.03. The van der Waals surface area contributed by atoms with Crippen molar-refractivity contribution in [2.75, 3.05) is 12.9 Å². The zero-order valence-electron chi connectivity index (χ0n) is 16.5. The van der Waals surface area contributed by atoms with Gasteiger partial charge in [0, 0.05) is 5.56 Å². The predicted octanol–water partition coefficient (Wildman–Crippen LogP) is 4.77. The summed E-state index contributed by atoms with van der Waals surface area (Å²) in [6.07, 6.45) is -0.491. The smallest absolute Gasteiger partial charge is 0.408 e. The molecule has 0 aliphatic rings. The van der Waals surface area contributed by atoms with E-state index in [0.29, 0.717) is 16.6 Å². The Morgan fingerprint density at radius 3 is 2.38 bits per heavy atom. The van der Waals surface area contributed by atoms with Gasteiger partial charge >= 0.3 is 6.09 Å². The third-order valence-corrected chi connectivity index (χ3v) is 3.88. The van der Waals surface area contributed by atoms with Crippen LogP contribution < -0.4 is 15.8 Å². The molecule has 0 aliphatic carbocycles. The van der Waals surface area contributed by atoms with Gasteiger partial charge in [0.1, 0.15) is 11.4 Å². The number of rotatable bonds is 5. The number of nitrogens with zero attached hydrogens (tertiary/aromatic N) is 1. The average Bonchev–Trinajstić information content (AvgIpc) is 2.44. The standard InChI is InChI=1S/C18H29N3O3S.HI/c1-8-25-15(19)20-12-9-10-14(23-7)13(11-12)18(5,6)21-16(22)24-17(2,3)4;/h9-11H,8H2,1-7H3,(H2,19,20)(H,21,22);1H. The van der Waals surface area contributed by atoms with Crippen LogP contribution in [0.5, 0.6) is 5.75 Å². The van der Waals surface area contributed by atoms with Crippen LogP contribution in [0.3, 0.4) is 0 Å². The van der Waals surface area contributed by atoms with E-state index in [4.69, 9.17) is 15.2 Å². The van der Waals surface area contributed by atoms with Crippen LogP contribution in [-0.4, -0.2) is 29.7 Å². The fourth-order valence-corrected chi connectivity index (χ4v) is 2.65. The summed E-state index contributed by atoms with van der Waals surface area (Å²) in [5, 5.41) is 3.38. The number of carbonyl (C=O) groups excluding carboxylic acids is 1. The van der Waals surface area contributed by atoms with Crippen LogP contribution in [0.25, 0.3) is 0 Å². The Kier molecular flexibility index (Phi) is 9.79. The molecule has 0 saturated heterocycles. The average molecular weight is 495 g/mol. The number of carbonyl (C=O) groups is 1. The number of nitrogens with one attached hydrogen (secondary N) is 1. The number of benzene rings is 1. The molecule has 1 aromatic carbocycles. The maximum atomic E-state index is 12.2. The van der Waals surface area contributed by atoms with Crippen molar-refractivity contribution in [3.8, 4) is 5.75 Å². The number of aliphatic imine (C=N–C) groups is 1. The maximum Gasteiger partial charge on any atom is 0.408 e. The number of thioether (sulfide) groups is 1. The van der Waals surface area contributed by atoms with Gasteiger partial charge in [0.05, 0.1) is 18.3 Å². The summed E-state index contributed by atoms with van der Waals surface area (Å²) in [5.74, 6) is 1.51. The molecule has 0 saturated carbocycles. The van der Waals surface area contributed by atoms with Gasteiger partial charge in [-0.1, -0.05) is 18.7 Å². The zero-order valence-corrected chi connectivity index (χ0v) is 19.7. The number of amides is 1. The first kappa shape index (κ1) is 24.8. The van der Waals surface area contributed by atoms with Crippen LogP contribution in [0.1, 0.15) is 47.1 Å². The maximum absolute atomic E-state index is 12.2. The van der Waals surface area contributed by atoms with E-state index in [1.54, 1.807) is 7.11 Å². The minimum atomic E-state index is -0.716. The molecule has 0 heterocycles. The molecule has 0 spiro atoms. The highest BCUT2D eigenvalue weighted by Crippen LogP contribution is 2.33. The largest absolute Gasteiger partial charge is 0.496 e. The minimum Gasteiger partial charge on any atom is -0.496 e. The summed E-state index contributed by atoms with van der Waals surface area (Å²) >= 11 is 1.47. The number of ether oxygens (including phenoxy) is 2. The summed E-state index contributed by atoms with van der Waals surface area (Å²) in [6, 6.07) is 5.50. The Labute approximate surface area is 177 Å². The Morgan fingerprint density at radius 2 is 1.88 bits per heavy atom. The molecule has 0 atom stereocenters. The number of hydrogen-bond donors (Lipinski definition) is 2. The highest BCUT2D eigenvalue weighted by atomic mass is 127. The Morgan fingerprint density at radius 1 is 1.27 bits per heavy atom. The molecule has 6 nitrogen and oxygen atoms in total. The lowest BCUT2D eigenvalue weighted by Gasteiger charge is -2.30. The summed E-state index contributed by atoms with van der Waals surface area (Å²) < 4.78 is 10.8. The quantitative estimate of drug-likeness (QED) is 0.349. The van der Waals surface area contributed by atoms with Gasteiger partial charge in [-0.15, -0.1) is 24.0 Å². The van der Waals surface area contributed by atoms with E-state index in [0.717, 1.165) is 11.3 Å². The topological polar surface area (TPSA) is 85.9 Å². The van der Waals surface area contributed by atoms with Crippen molar-refractivity contribution in [3.05, 3.63) is 23.8 Å². The monoisotopic (exact) mass is 495 g/mol. The van der Waals surface area contributed by atoms with Crippen LogP contribution in [0.2, 0.25) is 0 Å².